The number of rotatable bonds is 4. The Morgan fingerprint density at radius 1 is 1.11 bits per heavy atom. The molecule has 1 aromatic carbocycles. The van der Waals surface area contributed by atoms with Gasteiger partial charge in [0.25, 0.3) is 0 Å². The molecule has 0 fully saturated rings. The normalized spacial score (nSPS) is 10.7. The first kappa shape index (κ1) is 12.7. The largest absolute Gasteiger partial charge is 0.496 e. The maximum atomic E-state index is 5.46. The first-order chi connectivity index (χ1) is 8.71. The number of aryl methyl sites for hydroxylation is 2. The molecule has 1 aromatic heterocycles. The molecule has 18 heavy (non-hydrogen) atoms. The number of fused-ring (bicyclic) bond motifs is 1. The molecule has 2 aromatic rings. The van der Waals surface area contributed by atoms with Crippen LogP contribution in [0.4, 0.5) is 0 Å². The molecule has 0 aliphatic carbocycles. The van der Waals surface area contributed by atoms with Gasteiger partial charge in [0.2, 0.25) is 0 Å². The van der Waals surface area contributed by atoms with Gasteiger partial charge in [-0.25, -0.2) is 0 Å². The number of ether oxygens (including phenoxy) is 2. The van der Waals surface area contributed by atoms with Gasteiger partial charge in [0.05, 0.1) is 19.7 Å². The molecule has 3 nitrogen and oxygen atoms in total. The summed E-state index contributed by atoms with van der Waals surface area (Å²) in [6, 6.07) is 5.99. The Bertz CT molecular complexity index is 564. The van der Waals surface area contributed by atoms with E-state index in [0.29, 0.717) is 0 Å². The topological polar surface area (TPSA) is 31.4 Å². The zero-order valence-corrected chi connectivity index (χ0v) is 11.4. The number of pyridine rings is 1. The van der Waals surface area contributed by atoms with Crippen molar-refractivity contribution in [2.75, 3.05) is 14.2 Å². The smallest absolute Gasteiger partial charge is 0.130 e. The summed E-state index contributed by atoms with van der Waals surface area (Å²) < 4.78 is 10.8. The molecule has 0 saturated heterocycles. The van der Waals surface area contributed by atoms with E-state index >= 15 is 0 Å². The second-order valence-corrected chi connectivity index (χ2v) is 4.35. The molecular weight excluding hydrogens is 226 g/mol. The van der Waals surface area contributed by atoms with E-state index in [1.54, 1.807) is 14.2 Å². The van der Waals surface area contributed by atoms with Crippen LogP contribution in [0.3, 0.4) is 0 Å². The Hall–Kier alpha value is -1.77. The van der Waals surface area contributed by atoms with Crippen molar-refractivity contribution >= 4 is 10.9 Å². The molecule has 0 atom stereocenters. The van der Waals surface area contributed by atoms with Crippen molar-refractivity contribution < 1.29 is 9.47 Å². The van der Waals surface area contributed by atoms with E-state index in [1.165, 1.54) is 0 Å². The third-order valence-corrected chi connectivity index (χ3v) is 3.15. The quantitative estimate of drug-likeness (QED) is 0.826. The van der Waals surface area contributed by atoms with Gasteiger partial charge in [-0.05, 0) is 25.5 Å². The van der Waals surface area contributed by atoms with Crippen LogP contribution in [0.25, 0.3) is 10.9 Å². The van der Waals surface area contributed by atoms with Crippen LogP contribution in [0.1, 0.15) is 24.6 Å². The van der Waals surface area contributed by atoms with Crippen molar-refractivity contribution in [2.45, 2.75) is 26.7 Å². The van der Waals surface area contributed by atoms with Crippen LogP contribution < -0.4 is 9.47 Å². The summed E-state index contributed by atoms with van der Waals surface area (Å²) in [5.74, 6) is 1.75. The number of hydrogen-bond acceptors (Lipinski definition) is 3. The van der Waals surface area contributed by atoms with Gasteiger partial charge >= 0.3 is 0 Å². The lowest BCUT2D eigenvalue weighted by molar-refractivity contribution is 0.411. The predicted octanol–water partition coefficient (Wildman–Crippen LogP) is 3.51. The highest BCUT2D eigenvalue weighted by Crippen LogP contribution is 2.32. The molecule has 0 amide bonds. The molecule has 0 spiro atoms. The molecule has 0 aliphatic heterocycles. The summed E-state index contributed by atoms with van der Waals surface area (Å²) in [5, 5.41) is 1.04. The second-order valence-electron chi connectivity index (χ2n) is 4.35. The van der Waals surface area contributed by atoms with E-state index in [-0.39, 0.29) is 0 Å². The molecule has 0 bridgehead atoms. The van der Waals surface area contributed by atoms with E-state index < -0.39 is 0 Å². The maximum Gasteiger partial charge on any atom is 0.130 e. The van der Waals surface area contributed by atoms with Crippen LogP contribution in [0, 0.1) is 6.92 Å². The van der Waals surface area contributed by atoms with Crippen LogP contribution in [-0.2, 0) is 6.42 Å². The molecule has 96 valence electrons. The summed E-state index contributed by atoms with van der Waals surface area (Å²) in [6.45, 7) is 4.18. The average Bonchev–Trinajstić information content (AvgIpc) is 2.39. The van der Waals surface area contributed by atoms with Gasteiger partial charge in [0.1, 0.15) is 11.5 Å². The van der Waals surface area contributed by atoms with E-state index in [9.17, 15) is 0 Å². The Kier molecular flexibility index (Phi) is 3.70. The predicted molar refractivity (Wildman–Crippen MR) is 73.6 cm³/mol. The highest BCUT2D eigenvalue weighted by atomic mass is 16.5. The summed E-state index contributed by atoms with van der Waals surface area (Å²) in [5.41, 5.74) is 3.10. The van der Waals surface area contributed by atoms with E-state index in [0.717, 1.165) is 46.5 Å². The minimum absolute atomic E-state index is 0.866. The van der Waals surface area contributed by atoms with E-state index in [4.69, 9.17) is 14.5 Å². The van der Waals surface area contributed by atoms with Crippen molar-refractivity contribution in [3.8, 4) is 11.5 Å². The molecular formula is C15H19NO2. The van der Waals surface area contributed by atoms with Gasteiger partial charge in [-0.3, -0.25) is 4.98 Å². The fraction of sp³-hybridized carbons (Fsp3) is 0.400. The molecule has 1 heterocycles. The zero-order valence-electron chi connectivity index (χ0n) is 11.4. The highest BCUT2D eigenvalue weighted by Gasteiger charge is 2.11. The zero-order chi connectivity index (χ0) is 13.1. The van der Waals surface area contributed by atoms with Crippen molar-refractivity contribution in [1.29, 1.82) is 0 Å². The third-order valence-electron chi connectivity index (χ3n) is 3.15. The van der Waals surface area contributed by atoms with Gasteiger partial charge in [-0.1, -0.05) is 13.3 Å². The SMILES string of the molecule is CCCc1cc(OC)c2ccc(OC)c(C)c2n1. The number of hydrogen-bond donors (Lipinski definition) is 0. The van der Waals surface area contributed by atoms with Gasteiger partial charge in [-0.2, -0.15) is 0 Å². The van der Waals surface area contributed by atoms with Gasteiger partial charge in [0.15, 0.2) is 0 Å². The minimum atomic E-state index is 0.866. The summed E-state index contributed by atoms with van der Waals surface area (Å²) >= 11 is 0. The number of nitrogens with zero attached hydrogens (tertiary/aromatic N) is 1. The van der Waals surface area contributed by atoms with Crippen LogP contribution >= 0.6 is 0 Å². The lowest BCUT2D eigenvalue weighted by Gasteiger charge is -2.12. The number of benzene rings is 1. The molecule has 0 aliphatic rings. The summed E-state index contributed by atoms with van der Waals surface area (Å²) in [6.07, 6.45) is 2.04. The van der Waals surface area contributed by atoms with Crippen LogP contribution in [0.5, 0.6) is 11.5 Å². The lowest BCUT2D eigenvalue weighted by Crippen LogP contribution is -1.97. The molecule has 0 unspecified atom stereocenters. The lowest BCUT2D eigenvalue weighted by atomic mass is 10.1. The van der Waals surface area contributed by atoms with E-state index in [2.05, 4.69) is 6.92 Å². The standard InChI is InChI=1S/C15H19NO2/c1-5-6-11-9-14(18-4)12-7-8-13(17-3)10(2)15(12)16-11/h7-9H,5-6H2,1-4H3. The Labute approximate surface area is 108 Å². The van der Waals surface area contributed by atoms with Crippen LogP contribution in [0.15, 0.2) is 18.2 Å². The van der Waals surface area contributed by atoms with E-state index in [1.807, 2.05) is 25.1 Å². The minimum Gasteiger partial charge on any atom is -0.496 e. The summed E-state index contributed by atoms with van der Waals surface area (Å²) in [4.78, 5) is 4.72. The Morgan fingerprint density at radius 3 is 2.44 bits per heavy atom. The maximum absolute atomic E-state index is 5.46. The molecule has 0 N–H and O–H groups in total. The number of methoxy groups -OCH3 is 2. The fourth-order valence-electron chi connectivity index (χ4n) is 2.20. The van der Waals surface area contributed by atoms with Crippen molar-refractivity contribution in [1.82, 2.24) is 4.98 Å². The number of aromatic nitrogens is 1. The highest BCUT2D eigenvalue weighted by molar-refractivity contribution is 5.89. The molecule has 2 rings (SSSR count). The molecule has 3 heteroatoms. The monoisotopic (exact) mass is 245 g/mol. The van der Waals surface area contributed by atoms with Crippen molar-refractivity contribution in [3.63, 3.8) is 0 Å². The Balaban J connectivity index is 2.71. The second kappa shape index (κ2) is 5.25. The molecule has 0 radical (unpaired) electrons. The van der Waals surface area contributed by atoms with Crippen LogP contribution in [0.2, 0.25) is 0 Å². The first-order valence-electron chi connectivity index (χ1n) is 6.22. The third kappa shape index (κ3) is 2.13. The summed E-state index contributed by atoms with van der Waals surface area (Å²) in [7, 11) is 3.38. The van der Waals surface area contributed by atoms with Gasteiger partial charge < -0.3 is 9.47 Å². The fourth-order valence-corrected chi connectivity index (χ4v) is 2.20. The van der Waals surface area contributed by atoms with Crippen molar-refractivity contribution in [2.24, 2.45) is 0 Å². The van der Waals surface area contributed by atoms with Gasteiger partial charge in [-0.15, -0.1) is 0 Å². The first-order valence-corrected chi connectivity index (χ1v) is 6.22. The van der Waals surface area contributed by atoms with Gasteiger partial charge in [0, 0.05) is 22.7 Å². The van der Waals surface area contributed by atoms with Crippen molar-refractivity contribution in [3.05, 3.63) is 29.5 Å². The average molecular weight is 245 g/mol. The Morgan fingerprint density at radius 2 is 1.83 bits per heavy atom. The van der Waals surface area contributed by atoms with Crippen LogP contribution in [-0.4, -0.2) is 19.2 Å². The molecule has 0 saturated carbocycles.